The van der Waals surface area contributed by atoms with Crippen molar-refractivity contribution in [1.29, 1.82) is 5.26 Å². The van der Waals surface area contributed by atoms with Crippen molar-refractivity contribution in [2.45, 2.75) is 43.7 Å². The molecule has 1 aromatic heterocycles. The van der Waals surface area contributed by atoms with Crippen LogP contribution in [0, 0.1) is 11.3 Å². The second kappa shape index (κ2) is 12.5. The van der Waals surface area contributed by atoms with E-state index in [2.05, 4.69) is 11.6 Å². The lowest BCUT2D eigenvalue weighted by Crippen LogP contribution is -2.55. The highest BCUT2D eigenvalue weighted by atomic mass is 19.4. The van der Waals surface area contributed by atoms with Crippen molar-refractivity contribution in [2.24, 2.45) is 0 Å². The van der Waals surface area contributed by atoms with Crippen molar-refractivity contribution >= 4 is 28.3 Å². The van der Waals surface area contributed by atoms with Gasteiger partial charge in [0.05, 0.1) is 41.6 Å². The van der Waals surface area contributed by atoms with Crippen LogP contribution in [0.1, 0.15) is 24.0 Å². The number of nitriles is 1. The molecule has 2 N–H and O–H groups in total. The number of rotatable bonds is 7. The standard InChI is InChI=1S/C32H32F5N7O3/c1-17(33)30(45)44-9-8-43(15-20(44)5-7-38)29-27-26(40-31(41-29)47-16-21-11-18(34)14-42(21)2)13-23(22-6-10-46-28(22)27)24-12-19(39)3-4-25(24)32(35,36)37/h3-4,12-13,18,20-21H,1,5-6,8-11,14-16,39H2,2H3/t18-,20+,21+/m1/s1. The van der Waals surface area contributed by atoms with Crippen LogP contribution in [0.2, 0.25) is 0 Å². The zero-order chi connectivity index (χ0) is 33.6. The highest BCUT2D eigenvalue weighted by Crippen LogP contribution is 2.47. The molecule has 3 aromatic rings. The number of anilines is 2. The molecule has 4 heterocycles. The quantitative estimate of drug-likeness (QED) is 0.220. The Morgan fingerprint density at radius 2 is 1.98 bits per heavy atom. The van der Waals surface area contributed by atoms with Gasteiger partial charge in [0, 0.05) is 49.9 Å². The molecule has 1 amide bonds. The fraction of sp³-hybridized carbons (Fsp3) is 0.438. The molecule has 0 radical (unpaired) electrons. The van der Waals surface area contributed by atoms with E-state index in [4.69, 9.17) is 20.2 Å². The summed E-state index contributed by atoms with van der Waals surface area (Å²) in [6.45, 7) is 3.90. The van der Waals surface area contributed by atoms with Gasteiger partial charge in [0.25, 0.3) is 5.91 Å². The van der Waals surface area contributed by atoms with Gasteiger partial charge in [0.15, 0.2) is 5.83 Å². The van der Waals surface area contributed by atoms with Crippen molar-refractivity contribution in [2.75, 3.05) is 57.1 Å². The van der Waals surface area contributed by atoms with E-state index in [0.717, 1.165) is 6.07 Å². The Bertz CT molecular complexity index is 1780. The summed E-state index contributed by atoms with van der Waals surface area (Å²) in [5.41, 5.74) is 6.10. The maximum absolute atomic E-state index is 14.2. The Hall–Kier alpha value is -4.71. The minimum atomic E-state index is -4.67. The number of aromatic nitrogens is 2. The molecular formula is C32H32F5N7O3. The van der Waals surface area contributed by atoms with E-state index in [-0.39, 0.29) is 86.6 Å². The molecule has 0 bridgehead atoms. The first-order valence-corrected chi connectivity index (χ1v) is 15.1. The Balaban J connectivity index is 1.50. The Morgan fingerprint density at radius 3 is 2.66 bits per heavy atom. The monoisotopic (exact) mass is 657 g/mol. The van der Waals surface area contributed by atoms with Crippen LogP contribution in [0.5, 0.6) is 11.8 Å². The molecule has 2 saturated heterocycles. The van der Waals surface area contributed by atoms with Crippen LogP contribution in [0.3, 0.4) is 0 Å². The zero-order valence-corrected chi connectivity index (χ0v) is 25.5. The van der Waals surface area contributed by atoms with E-state index in [1.807, 2.05) is 11.0 Å². The fourth-order valence-electron chi connectivity index (χ4n) is 6.62. The first-order chi connectivity index (χ1) is 22.3. The number of piperazine rings is 1. The maximum atomic E-state index is 14.2. The molecule has 3 aliphatic heterocycles. The van der Waals surface area contributed by atoms with Gasteiger partial charge in [0.2, 0.25) is 0 Å². The second-order valence-corrected chi connectivity index (χ2v) is 12.0. The number of hydrogen-bond donors (Lipinski definition) is 1. The minimum absolute atomic E-state index is 0.0416. The van der Waals surface area contributed by atoms with E-state index >= 15 is 0 Å². The average molecular weight is 658 g/mol. The van der Waals surface area contributed by atoms with Gasteiger partial charge in [-0.15, -0.1) is 0 Å². The topological polar surface area (TPSA) is 121 Å². The number of nitrogens with two attached hydrogens (primary N) is 1. The van der Waals surface area contributed by atoms with Gasteiger partial charge in [-0.1, -0.05) is 6.58 Å². The molecule has 6 rings (SSSR count). The maximum Gasteiger partial charge on any atom is 0.417 e. The highest BCUT2D eigenvalue weighted by molar-refractivity contribution is 6.01. The van der Waals surface area contributed by atoms with Crippen molar-refractivity contribution in [3.63, 3.8) is 0 Å². The summed E-state index contributed by atoms with van der Waals surface area (Å²) >= 11 is 0. The third-order valence-electron chi connectivity index (χ3n) is 8.89. The number of likely N-dealkylation sites (N-methyl/N-ethyl adjacent to an activating group) is 1. The first-order valence-electron chi connectivity index (χ1n) is 15.1. The molecule has 2 aromatic carbocycles. The molecular weight excluding hydrogens is 625 g/mol. The van der Waals surface area contributed by atoms with Crippen LogP contribution in [-0.4, -0.2) is 90.4 Å². The number of carbonyl (C=O) groups is 1. The summed E-state index contributed by atoms with van der Waals surface area (Å²) in [5, 5.41) is 9.92. The number of nitrogen functional groups attached to an aromatic ring is 1. The lowest BCUT2D eigenvalue weighted by atomic mass is 9.91. The summed E-state index contributed by atoms with van der Waals surface area (Å²) in [4.78, 5) is 26.7. The second-order valence-electron chi connectivity index (χ2n) is 12.0. The molecule has 0 spiro atoms. The number of likely N-dealkylation sites (tertiary alicyclic amines) is 1. The molecule has 3 atom stereocenters. The van der Waals surface area contributed by atoms with Gasteiger partial charge >= 0.3 is 12.2 Å². The summed E-state index contributed by atoms with van der Waals surface area (Å²) in [6.07, 6.45) is -5.23. The van der Waals surface area contributed by atoms with Gasteiger partial charge in [-0.05, 0) is 48.9 Å². The van der Waals surface area contributed by atoms with Gasteiger partial charge in [-0.25, -0.2) is 8.78 Å². The van der Waals surface area contributed by atoms with Gasteiger partial charge in [-0.2, -0.15) is 28.4 Å². The van der Waals surface area contributed by atoms with Gasteiger partial charge in [-0.3, -0.25) is 9.69 Å². The number of fused-ring (bicyclic) bond motifs is 3. The third-order valence-corrected chi connectivity index (χ3v) is 8.89. The summed E-state index contributed by atoms with van der Waals surface area (Å²) in [5.74, 6) is -1.44. The van der Waals surface area contributed by atoms with Crippen LogP contribution in [-0.2, 0) is 17.4 Å². The molecule has 15 heteroatoms. The van der Waals surface area contributed by atoms with Crippen LogP contribution < -0.4 is 20.1 Å². The van der Waals surface area contributed by atoms with E-state index in [0.29, 0.717) is 28.9 Å². The van der Waals surface area contributed by atoms with Crippen molar-refractivity contribution < 1.29 is 36.2 Å². The number of carbonyl (C=O) groups excluding carboxylic acids is 1. The molecule has 3 aliphatic rings. The number of nitrogens with zero attached hydrogens (tertiary/aromatic N) is 6. The van der Waals surface area contributed by atoms with Gasteiger partial charge < -0.3 is 25.0 Å². The first kappa shape index (κ1) is 32.2. The van der Waals surface area contributed by atoms with Crippen LogP contribution >= 0.6 is 0 Å². The lowest BCUT2D eigenvalue weighted by Gasteiger charge is -2.41. The largest absolute Gasteiger partial charge is 0.492 e. The van der Waals surface area contributed by atoms with E-state index in [1.54, 1.807) is 11.9 Å². The SMILES string of the molecule is C=C(F)C(=O)N1CCN(c2nc(OC[C@@H]3C[C@@H](F)CN3C)nc3cc(-c4cc(N)ccc4C(F)(F)F)c4c(c23)OCC4)C[C@@H]1CC#N. The van der Waals surface area contributed by atoms with Crippen molar-refractivity contribution in [1.82, 2.24) is 19.8 Å². The highest BCUT2D eigenvalue weighted by Gasteiger charge is 2.38. The van der Waals surface area contributed by atoms with Gasteiger partial charge in [0.1, 0.15) is 24.3 Å². The summed E-state index contributed by atoms with van der Waals surface area (Å²) < 4.78 is 82.6. The summed E-state index contributed by atoms with van der Waals surface area (Å²) in [6, 6.07) is 5.91. The summed E-state index contributed by atoms with van der Waals surface area (Å²) in [7, 11) is 1.78. The molecule has 10 nitrogen and oxygen atoms in total. The third kappa shape index (κ3) is 6.21. The van der Waals surface area contributed by atoms with E-state index in [1.165, 1.54) is 23.1 Å². The minimum Gasteiger partial charge on any atom is -0.492 e. The number of ether oxygens (including phenoxy) is 2. The van der Waals surface area contributed by atoms with Crippen LogP contribution in [0.15, 0.2) is 36.7 Å². The number of benzene rings is 2. The molecule has 0 aliphatic carbocycles. The number of halogens is 5. The molecule has 47 heavy (non-hydrogen) atoms. The Kier molecular flexibility index (Phi) is 8.56. The van der Waals surface area contributed by atoms with Crippen LogP contribution in [0.4, 0.5) is 33.5 Å². The molecule has 0 saturated carbocycles. The number of amides is 1. The smallest absolute Gasteiger partial charge is 0.417 e. The van der Waals surface area contributed by atoms with Crippen molar-refractivity contribution in [3.05, 3.63) is 47.8 Å². The predicted molar refractivity (Wildman–Crippen MR) is 163 cm³/mol. The van der Waals surface area contributed by atoms with E-state index in [9.17, 15) is 32.0 Å². The molecule has 248 valence electrons. The Morgan fingerprint density at radius 1 is 1.19 bits per heavy atom. The normalized spacial score (nSPS) is 21.4. The fourth-order valence-corrected chi connectivity index (χ4v) is 6.62. The Labute approximate surface area is 267 Å². The average Bonchev–Trinajstić information content (AvgIpc) is 3.64. The van der Waals surface area contributed by atoms with Crippen LogP contribution in [0.25, 0.3) is 22.0 Å². The molecule has 2 fully saturated rings. The lowest BCUT2D eigenvalue weighted by molar-refractivity contribution is -0.137. The zero-order valence-electron chi connectivity index (χ0n) is 25.5. The molecule has 0 unspecified atom stereocenters. The van der Waals surface area contributed by atoms with Crippen molar-refractivity contribution in [3.8, 4) is 29.0 Å². The van der Waals surface area contributed by atoms with E-state index < -0.39 is 35.7 Å². The predicted octanol–water partition coefficient (Wildman–Crippen LogP) is 4.67. The number of alkyl halides is 4. The number of hydrogen-bond acceptors (Lipinski definition) is 9.